The molecule has 102 valence electrons. The van der Waals surface area contributed by atoms with Crippen LogP contribution in [0.15, 0.2) is 18.2 Å². The molecule has 0 bridgehead atoms. The van der Waals surface area contributed by atoms with Gasteiger partial charge in [-0.3, -0.25) is 4.79 Å². The SMILES string of the molecule is NCCCN1CCC(=O)Nc2cc(C(=O)O)ccc21. The number of nitrogens with one attached hydrogen (secondary N) is 1. The lowest BCUT2D eigenvalue weighted by atomic mass is 10.1. The van der Waals surface area contributed by atoms with Gasteiger partial charge in [0.2, 0.25) is 5.91 Å². The van der Waals surface area contributed by atoms with E-state index in [9.17, 15) is 9.59 Å². The monoisotopic (exact) mass is 263 g/mol. The second-order valence-electron chi connectivity index (χ2n) is 4.46. The number of carbonyl (C=O) groups is 2. The molecule has 1 aliphatic heterocycles. The zero-order valence-corrected chi connectivity index (χ0v) is 10.6. The highest BCUT2D eigenvalue weighted by Crippen LogP contribution is 2.30. The summed E-state index contributed by atoms with van der Waals surface area (Å²) in [4.78, 5) is 24.7. The Morgan fingerprint density at radius 2 is 2.26 bits per heavy atom. The van der Waals surface area contributed by atoms with Crippen LogP contribution in [0.4, 0.5) is 11.4 Å². The number of benzene rings is 1. The maximum atomic E-state index is 11.6. The molecule has 0 spiro atoms. The van der Waals surface area contributed by atoms with E-state index < -0.39 is 5.97 Å². The molecule has 2 rings (SSSR count). The number of amides is 1. The Hall–Kier alpha value is -2.08. The first-order chi connectivity index (χ1) is 9.11. The van der Waals surface area contributed by atoms with Crippen LogP contribution in [0.3, 0.4) is 0 Å². The Bertz CT molecular complexity index is 502. The first-order valence-corrected chi connectivity index (χ1v) is 6.24. The van der Waals surface area contributed by atoms with Crippen molar-refractivity contribution in [3.8, 4) is 0 Å². The quantitative estimate of drug-likeness (QED) is 0.749. The third kappa shape index (κ3) is 3.03. The molecule has 0 saturated carbocycles. The Balaban J connectivity index is 2.34. The number of rotatable bonds is 4. The normalized spacial score (nSPS) is 14.6. The van der Waals surface area contributed by atoms with E-state index in [0.29, 0.717) is 25.2 Å². The minimum atomic E-state index is -1.00. The summed E-state index contributed by atoms with van der Waals surface area (Å²) in [5, 5.41) is 11.7. The number of nitrogens with two attached hydrogens (primary N) is 1. The summed E-state index contributed by atoms with van der Waals surface area (Å²) in [6.45, 7) is 1.95. The van der Waals surface area contributed by atoms with Crippen LogP contribution in [-0.2, 0) is 4.79 Å². The Morgan fingerprint density at radius 1 is 1.47 bits per heavy atom. The van der Waals surface area contributed by atoms with E-state index in [-0.39, 0.29) is 11.5 Å². The van der Waals surface area contributed by atoms with Gasteiger partial charge >= 0.3 is 5.97 Å². The average molecular weight is 263 g/mol. The van der Waals surface area contributed by atoms with Gasteiger partial charge in [-0.2, -0.15) is 0 Å². The fourth-order valence-corrected chi connectivity index (χ4v) is 2.13. The second-order valence-corrected chi connectivity index (χ2v) is 4.46. The summed E-state index contributed by atoms with van der Waals surface area (Å²) in [5.74, 6) is -1.10. The van der Waals surface area contributed by atoms with Gasteiger partial charge in [0.05, 0.1) is 16.9 Å². The first kappa shape index (κ1) is 13.4. The van der Waals surface area contributed by atoms with Crippen molar-refractivity contribution in [1.29, 1.82) is 0 Å². The van der Waals surface area contributed by atoms with Crippen LogP contribution < -0.4 is 16.0 Å². The third-order valence-corrected chi connectivity index (χ3v) is 3.10. The van der Waals surface area contributed by atoms with Gasteiger partial charge in [0, 0.05) is 19.5 Å². The van der Waals surface area contributed by atoms with Crippen molar-refractivity contribution in [3.63, 3.8) is 0 Å². The predicted molar refractivity (Wildman–Crippen MR) is 72.5 cm³/mol. The number of hydrogen-bond acceptors (Lipinski definition) is 4. The van der Waals surface area contributed by atoms with Crippen molar-refractivity contribution in [3.05, 3.63) is 23.8 Å². The third-order valence-electron chi connectivity index (χ3n) is 3.10. The lowest BCUT2D eigenvalue weighted by molar-refractivity contribution is -0.115. The van der Waals surface area contributed by atoms with Gasteiger partial charge in [-0.15, -0.1) is 0 Å². The molecule has 0 aliphatic carbocycles. The number of aromatic carboxylic acids is 1. The number of carbonyl (C=O) groups excluding carboxylic acids is 1. The molecule has 6 heteroatoms. The van der Waals surface area contributed by atoms with E-state index in [4.69, 9.17) is 10.8 Å². The van der Waals surface area contributed by atoms with Gasteiger partial charge in [0.25, 0.3) is 0 Å². The molecule has 19 heavy (non-hydrogen) atoms. The second kappa shape index (κ2) is 5.71. The summed E-state index contributed by atoms with van der Waals surface area (Å²) >= 11 is 0. The van der Waals surface area contributed by atoms with Crippen LogP contribution in [0, 0.1) is 0 Å². The molecule has 1 aromatic carbocycles. The Kier molecular flexibility index (Phi) is 4.01. The van der Waals surface area contributed by atoms with Gasteiger partial charge < -0.3 is 21.1 Å². The molecule has 1 heterocycles. The topological polar surface area (TPSA) is 95.7 Å². The van der Waals surface area contributed by atoms with Crippen LogP contribution in [0.1, 0.15) is 23.2 Å². The van der Waals surface area contributed by atoms with E-state index in [1.54, 1.807) is 12.1 Å². The van der Waals surface area contributed by atoms with Crippen molar-refractivity contribution < 1.29 is 14.7 Å². The summed E-state index contributed by atoms with van der Waals surface area (Å²) in [7, 11) is 0. The van der Waals surface area contributed by atoms with Crippen molar-refractivity contribution in [2.75, 3.05) is 29.9 Å². The molecule has 4 N–H and O–H groups in total. The number of fused-ring (bicyclic) bond motifs is 1. The van der Waals surface area contributed by atoms with Gasteiger partial charge in [0.1, 0.15) is 0 Å². The van der Waals surface area contributed by atoms with Crippen molar-refractivity contribution in [1.82, 2.24) is 0 Å². The number of anilines is 2. The molecule has 0 aromatic heterocycles. The van der Waals surface area contributed by atoms with Crippen molar-refractivity contribution in [2.24, 2.45) is 5.73 Å². The molecule has 0 radical (unpaired) electrons. The lowest BCUT2D eigenvalue weighted by Crippen LogP contribution is -2.27. The largest absolute Gasteiger partial charge is 0.478 e. The maximum Gasteiger partial charge on any atom is 0.335 e. The zero-order valence-electron chi connectivity index (χ0n) is 10.6. The maximum absolute atomic E-state index is 11.6. The number of carboxylic acid groups (broad SMARTS) is 1. The molecule has 1 aliphatic rings. The molecule has 6 nitrogen and oxygen atoms in total. The fourth-order valence-electron chi connectivity index (χ4n) is 2.13. The van der Waals surface area contributed by atoms with Crippen LogP contribution >= 0.6 is 0 Å². The number of hydrogen-bond donors (Lipinski definition) is 3. The Morgan fingerprint density at radius 3 is 2.95 bits per heavy atom. The van der Waals surface area contributed by atoms with Crippen LogP contribution in [0.25, 0.3) is 0 Å². The minimum absolute atomic E-state index is 0.0981. The molecule has 0 saturated heterocycles. The molecule has 1 amide bonds. The van der Waals surface area contributed by atoms with E-state index >= 15 is 0 Å². The summed E-state index contributed by atoms with van der Waals surface area (Å²) in [6, 6.07) is 4.78. The van der Waals surface area contributed by atoms with Crippen molar-refractivity contribution >= 4 is 23.3 Å². The molecular formula is C13H17N3O3. The van der Waals surface area contributed by atoms with Crippen LogP contribution in [0.2, 0.25) is 0 Å². The van der Waals surface area contributed by atoms with Gasteiger partial charge in [-0.1, -0.05) is 0 Å². The highest BCUT2D eigenvalue weighted by atomic mass is 16.4. The van der Waals surface area contributed by atoms with Crippen molar-refractivity contribution in [2.45, 2.75) is 12.8 Å². The first-order valence-electron chi connectivity index (χ1n) is 6.24. The average Bonchev–Trinajstić information content (AvgIpc) is 2.54. The number of nitrogens with zero attached hydrogens (tertiary/aromatic N) is 1. The van der Waals surface area contributed by atoms with E-state index in [1.165, 1.54) is 6.07 Å². The molecule has 0 atom stereocenters. The van der Waals surface area contributed by atoms with E-state index in [2.05, 4.69) is 10.2 Å². The van der Waals surface area contributed by atoms with Gasteiger partial charge in [0.15, 0.2) is 0 Å². The highest BCUT2D eigenvalue weighted by Gasteiger charge is 2.20. The molecule has 0 unspecified atom stereocenters. The fraction of sp³-hybridized carbons (Fsp3) is 0.385. The lowest BCUT2D eigenvalue weighted by Gasteiger charge is -2.24. The van der Waals surface area contributed by atoms with E-state index in [1.807, 2.05) is 0 Å². The standard InChI is InChI=1S/C13H17N3O3/c14-5-1-6-16-7-4-12(17)15-10-8-9(13(18)19)2-3-11(10)16/h2-3,8H,1,4-7,14H2,(H,15,17)(H,18,19). The summed E-state index contributed by atoms with van der Waals surface area (Å²) in [5.41, 5.74) is 7.08. The molecule has 0 fully saturated rings. The van der Waals surface area contributed by atoms with Crippen LogP contribution in [0.5, 0.6) is 0 Å². The highest BCUT2D eigenvalue weighted by molar-refractivity contribution is 5.99. The number of carboxylic acids is 1. The summed E-state index contributed by atoms with van der Waals surface area (Å²) in [6.07, 6.45) is 1.22. The van der Waals surface area contributed by atoms with E-state index in [0.717, 1.165) is 18.7 Å². The molecule has 1 aromatic rings. The Labute approximate surface area is 111 Å². The minimum Gasteiger partial charge on any atom is -0.478 e. The smallest absolute Gasteiger partial charge is 0.335 e. The predicted octanol–water partition coefficient (Wildman–Crippen LogP) is 0.882. The molecular weight excluding hydrogens is 246 g/mol. The zero-order chi connectivity index (χ0) is 13.8. The summed E-state index contributed by atoms with van der Waals surface area (Å²) < 4.78 is 0. The van der Waals surface area contributed by atoms with Gasteiger partial charge in [-0.05, 0) is 31.2 Å². The van der Waals surface area contributed by atoms with Crippen LogP contribution in [-0.4, -0.2) is 36.6 Å². The van der Waals surface area contributed by atoms with Gasteiger partial charge in [-0.25, -0.2) is 4.79 Å².